The van der Waals surface area contributed by atoms with Crippen molar-refractivity contribution in [3.05, 3.63) is 47.2 Å². The Bertz CT molecular complexity index is 1630. The van der Waals surface area contributed by atoms with E-state index in [1.165, 1.54) is 37.5 Å². The fraction of sp³-hybridized carbons (Fsp3) is 0.600. The molecular weight excluding hydrogens is 600 g/mol. The summed E-state index contributed by atoms with van der Waals surface area (Å²) < 4.78 is 28.8. The molecule has 2 aliphatic heterocycles. The van der Waals surface area contributed by atoms with E-state index in [2.05, 4.69) is 62.2 Å². The van der Waals surface area contributed by atoms with Crippen molar-refractivity contribution in [1.82, 2.24) is 19.6 Å². The number of rotatable bonds is 7. The maximum absolute atomic E-state index is 14.0. The van der Waals surface area contributed by atoms with Crippen molar-refractivity contribution in [3.8, 4) is 0 Å². The molecule has 0 bridgehead atoms. The molecule has 1 aliphatic carbocycles. The minimum atomic E-state index is -4.31. The number of nitrogens with two attached hydrogens (primary N) is 1. The van der Waals surface area contributed by atoms with E-state index in [1.54, 1.807) is 0 Å². The smallest absolute Gasteiger partial charge is 0.281 e. The van der Waals surface area contributed by atoms with Crippen molar-refractivity contribution >= 4 is 39.0 Å². The molecule has 1 saturated heterocycles. The molecule has 2 amide bonds. The highest BCUT2D eigenvalue weighted by Crippen LogP contribution is 2.41. The molecule has 3 aliphatic rings. The standard InChI is InChI=1S/C35H50N6O4S.H2/c1-23-21-35(5,6)41(22-23)32-27(33(43)39-46(44,45)29-14-10-13-28(36)37-29)20-26(31(38-32)34(2,3)4)25-15-17-40(18-16-25)30(42)19-24-11-8-7-9-12-24;/h10,13-15,20,23-24H,7-9,11-12,16-19,21-22H2,1-6H3,(H2,36,37)(H,39,43);1H/t23-;/m0./s1. The van der Waals surface area contributed by atoms with Crippen molar-refractivity contribution in [3.63, 3.8) is 0 Å². The molecule has 0 radical (unpaired) electrons. The highest BCUT2D eigenvalue weighted by molar-refractivity contribution is 7.90. The molecule has 2 aromatic rings. The molecule has 4 heterocycles. The van der Waals surface area contributed by atoms with E-state index in [0.717, 1.165) is 36.1 Å². The van der Waals surface area contributed by atoms with E-state index < -0.39 is 15.9 Å². The minimum Gasteiger partial charge on any atom is -0.384 e. The number of pyridine rings is 2. The van der Waals surface area contributed by atoms with Crippen LogP contribution in [0.5, 0.6) is 0 Å². The van der Waals surface area contributed by atoms with Gasteiger partial charge in [0.2, 0.25) is 5.91 Å². The molecule has 1 saturated carbocycles. The van der Waals surface area contributed by atoms with Crippen LogP contribution >= 0.6 is 0 Å². The van der Waals surface area contributed by atoms with Crippen LogP contribution in [0, 0.1) is 11.8 Å². The van der Waals surface area contributed by atoms with Crippen LogP contribution in [-0.4, -0.2) is 60.3 Å². The van der Waals surface area contributed by atoms with Gasteiger partial charge in [-0.2, -0.15) is 8.42 Å². The molecule has 5 rings (SSSR count). The van der Waals surface area contributed by atoms with E-state index in [9.17, 15) is 18.0 Å². The lowest BCUT2D eigenvalue weighted by atomic mass is 9.83. The number of hydrogen-bond acceptors (Lipinski definition) is 8. The minimum absolute atomic E-state index is 0. The van der Waals surface area contributed by atoms with Gasteiger partial charge in [0.1, 0.15) is 11.6 Å². The van der Waals surface area contributed by atoms with E-state index in [4.69, 9.17) is 10.7 Å². The van der Waals surface area contributed by atoms with Crippen LogP contribution in [0.3, 0.4) is 0 Å². The first-order valence-electron chi connectivity index (χ1n) is 16.6. The summed E-state index contributed by atoms with van der Waals surface area (Å²) in [6.07, 6.45) is 10.2. The summed E-state index contributed by atoms with van der Waals surface area (Å²) in [6.45, 7) is 14.5. The lowest BCUT2D eigenvalue weighted by molar-refractivity contribution is -0.132. The van der Waals surface area contributed by atoms with Crippen molar-refractivity contribution in [2.24, 2.45) is 11.8 Å². The van der Waals surface area contributed by atoms with Crippen LogP contribution in [0.2, 0.25) is 0 Å². The predicted molar refractivity (Wildman–Crippen MR) is 184 cm³/mol. The molecule has 46 heavy (non-hydrogen) atoms. The quantitative estimate of drug-likeness (QED) is 0.375. The molecule has 0 spiro atoms. The number of nitrogens with one attached hydrogen (secondary N) is 1. The fourth-order valence-electron chi connectivity index (χ4n) is 7.37. The van der Waals surface area contributed by atoms with E-state index in [1.807, 2.05) is 11.0 Å². The first-order valence-corrected chi connectivity index (χ1v) is 18.1. The van der Waals surface area contributed by atoms with E-state index in [-0.39, 0.29) is 34.7 Å². The maximum atomic E-state index is 14.0. The molecule has 0 unspecified atom stereocenters. The Morgan fingerprint density at radius 3 is 2.43 bits per heavy atom. The SMILES string of the molecule is C[C@@H]1CN(c2nc(C(C)(C)C)c(C3=CCN(C(=O)CC4CCCCC4)CC3)cc2C(=O)NS(=O)(=O)c2cccc(N)n2)C(C)(C)C1.[HH]. The topological polar surface area (TPSA) is 139 Å². The van der Waals surface area contributed by atoms with Crippen LogP contribution < -0.4 is 15.4 Å². The maximum Gasteiger partial charge on any atom is 0.281 e. The number of carbonyl (C=O) groups excluding carboxylic acids is 2. The van der Waals surface area contributed by atoms with Gasteiger partial charge in [-0.3, -0.25) is 9.59 Å². The molecule has 2 fully saturated rings. The molecule has 3 N–H and O–H groups in total. The number of nitrogens with zero attached hydrogens (tertiary/aromatic N) is 4. The molecule has 1 atom stereocenters. The largest absolute Gasteiger partial charge is 0.384 e. The number of anilines is 2. The summed E-state index contributed by atoms with van der Waals surface area (Å²) in [5.74, 6) is 0.786. The van der Waals surface area contributed by atoms with Crippen LogP contribution in [0.25, 0.3) is 5.57 Å². The van der Waals surface area contributed by atoms with Crippen LogP contribution in [-0.2, 0) is 20.2 Å². The molecule has 11 heteroatoms. The molecular formula is C35H52N6O4S. The van der Waals surface area contributed by atoms with Crippen LogP contribution in [0.1, 0.15) is 116 Å². The summed E-state index contributed by atoms with van der Waals surface area (Å²) in [5.41, 5.74) is 7.92. The number of aromatic nitrogens is 2. The molecule has 252 valence electrons. The van der Waals surface area contributed by atoms with E-state index in [0.29, 0.717) is 50.1 Å². The number of amides is 2. The lowest BCUT2D eigenvalue weighted by Gasteiger charge is -2.36. The first kappa shape index (κ1) is 33.9. The second-order valence-electron chi connectivity index (χ2n) is 15.1. The van der Waals surface area contributed by atoms with Gasteiger partial charge in [0.05, 0.1) is 11.3 Å². The van der Waals surface area contributed by atoms with Crippen LogP contribution in [0.15, 0.2) is 35.4 Å². The summed E-state index contributed by atoms with van der Waals surface area (Å²) in [4.78, 5) is 40.4. The second-order valence-corrected chi connectivity index (χ2v) is 16.7. The Morgan fingerprint density at radius 1 is 1.13 bits per heavy atom. The van der Waals surface area contributed by atoms with Gasteiger partial charge in [0.15, 0.2) is 5.03 Å². The van der Waals surface area contributed by atoms with Gasteiger partial charge in [-0.1, -0.05) is 59.1 Å². The third-order valence-electron chi connectivity index (χ3n) is 9.63. The highest BCUT2D eigenvalue weighted by Gasteiger charge is 2.40. The van der Waals surface area contributed by atoms with Crippen LogP contribution in [0.4, 0.5) is 11.6 Å². The van der Waals surface area contributed by atoms with Gasteiger partial charge in [0, 0.05) is 44.0 Å². The Labute approximate surface area is 275 Å². The van der Waals surface area contributed by atoms with Crippen molar-refractivity contribution in [1.29, 1.82) is 0 Å². The van der Waals surface area contributed by atoms with Crippen molar-refractivity contribution < 1.29 is 19.4 Å². The third kappa shape index (κ3) is 7.40. The summed E-state index contributed by atoms with van der Waals surface area (Å²) in [5, 5.41) is -0.329. The number of nitrogen functional groups attached to an aromatic ring is 1. The zero-order valence-electron chi connectivity index (χ0n) is 28.2. The highest BCUT2D eigenvalue weighted by atomic mass is 32.2. The van der Waals surface area contributed by atoms with Gasteiger partial charge >= 0.3 is 0 Å². The Kier molecular flexibility index (Phi) is 9.55. The van der Waals surface area contributed by atoms with Gasteiger partial charge in [-0.25, -0.2) is 14.7 Å². The summed E-state index contributed by atoms with van der Waals surface area (Å²) >= 11 is 0. The van der Waals surface area contributed by atoms with Crippen molar-refractivity contribution in [2.75, 3.05) is 30.3 Å². The van der Waals surface area contributed by atoms with E-state index >= 15 is 0 Å². The summed E-state index contributed by atoms with van der Waals surface area (Å²) in [7, 11) is -4.31. The third-order valence-corrected chi connectivity index (χ3v) is 10.9. The normalized spacial score (nSPS) is 20.8. The zero-order valence-corrected chi connectivity index (χ0v) is 29.0. The molecule has 2 aromatic heterocycles. The first-order chi connectivity index (χ1) is 21.5. The second kappa shape index (κ2) is 13.0. The summed E-state index contributed by atoms with van der Waals surface area (Å²) in [6, 6.07) is 6.08. The number of hydrogen-bond donors (Lipinski definition) is 2. The van der Waals surface area contributed by atoms with Gasteiger partial charge in [-0.05, 0) is 75.1 Å². The Morgan fingerprint density at radius 2 is 1.85 bits per heavy atom. The Balaban J connectivity index is 0.00000500. The Hall–Kier alpha value is -3.47. The van der Waals surface area contributed by atoms with Gasteiger partial charge in [0.25, 0.3) is 15.9 Å². The average molecular weight is 653 g/mol. The predicted octanol–water partition coefficient (Wildman–Crippen LogP) is 5.93. The average Bonchev–Trinajstić information content (AvgIpc) is 3.27. The van der Waals surface area contributed by atoms with Gasteiger partial charge < -0.3 is 15.5 Å². The number of carbonyl (C=O) groups is 2. The molecule has 0 aromatic carbocycles. The lowest BCUT2D eigenvalue weighted by Crippen LogP contribution is -2.41. The number of sulfonamides is 1. The van der Waals surface area contributed by atoms with Gasteiger partial charge in [-0.15, -0.1) is 0 Å². The monoisotopic (exact) mass is 652 g/mol. The zero-order chi connectivity index (χ0) is 33.4. The van der Waals surface area contributed by atoms with Crippen molar-refractivity contribution in [2.45, 2.75) is 109 Å². The molecule has 10 nitrogen and oxygen atoms in total. The fourth-order valence-corrected chi connectivity index (χ4v) is 8.31.